The second-order valence-electron chi connectivity index (χ2n) is 4.96. The van der Waals surface area contributed by atoms with Crippen molar-refractivity contribution in [3.05, 3.63) is 0 Å². The summed E-state index contributed by atoms with van der Waals surface area (Å²) in [4.78, 5) is 11.8. The Bertz CT molecular complexity index is 238. The molecule has 5 heteroatoms. The molecule has 2 atom stereocenters. The molecule has 1 aliphatic heterocycles. The van der Waals surface area contributed by atoms with Crippen molar-refractivity contribution < 1.29 is 14.6 Å². The van der Waals surface area contributed by atoms with Crippen molar-refractivity contribution in [3.63, 3.8) is 0 Å². The van der Waals surface area contributed by atoms with Gasteiger partial charge >= 0.3 is 0 Å². The Balaban J connectivity index is 2.26. The van der Waals surface area contributed by atoms with E-state index in [9.17, 15) is 9.90 Å². The standard InChI is InChI=1S/C12H24N2O3/c1-12(16,6-8-17-2)9-14-11(15)10-5-3-4-7-13-10/h10,13,16H,3-9H2,1-2H3,(H,14,15)/t10-,12?/m1/s1. The average molecular weight is 244 g/mol. The number of piperidine rings is 1. The summed E-state index contributed by atoms with van der Waals surface area (Å²) in [6, 6.07) is -0.0954. The first kappa shape index (κ1) is 14.4. The van der Waals surface area contributed by atoms with Gasteiger partial charge in [-0.25, -0.2) is 0 Å². The van der Waals surface area contributed by atoms with Crippen LogP contribution in [0.1, 0.15) is 32.6 Å². The van der Waals surface area contributed by atoms with Crippen LogP contribution in [0.15, 0.2) is 0 Å². The molecule has 0 radical (unpaired) electrons. The van der Waals surface area contributed by atoms with Gasteiger partial charge in [0, 0.05) is 26.7 Å². The van der Waals surface area contributed by atoms with Crippen LogP contribution >= 0.6 is 0 Å². The zero-order valence-corrected chi connectivity index (χ0v) is 10.8. The Kier molecular flexibility index (Phi) is 5.88. The number of rotatable bonds is 6. The molecule has 0 aromatic carbocycles. The third-order valence-corrected chi connectivity index (χ3v) is 3.12. The highest BCUT2D eigenvalue weighted by atomic mass is 16.5. The highest BCUT2D eigenvalue weighted by Gasteiger charge is 2.24. The minimum absolute atomic E-state index is 0.0117. The third kappa shape index (κ3) is 5.48. The first-order valence-electron chi connectivity index (χ1n) is 6.27. The first-order valence-corrected chi connectivity index (χ1v) is 6.27. The monoisotopic (exact) mass is 244 g/mol. The maximum atomic E-state index is 11.8. The van der Waals surface area contributed by atoms with Gasteiger partial charge < -0.3 is 20.5 Å². The molecule has 0 spiro atoms. The lowest BCUT2D eigenvalue weighted by Crippen LogP contribution is -2.50. The van der Waals surface area contributed by atoms with Gasteiger partial charge in [0.25, 0.3) is 0 Å². The van der Waals surface area contributed by atoms with Crippen molar-refractivity contribution in [2.75, 3.05) is 26.8 Å². The number of ether oxygens (including phenoxy) is 1. The molecule has 1 aliphatic rings. The lowest BCUT2D eigenvalue weighted by molar-refractivity contribution is -0.125. The summed E-state index contributed by atoms with van der Waals surface area (Å²) in [5.74, 6) is -0.0117. The number of aliphatic hydroxyl groups is 1. The molecular formula is C12H24N2O3. The van der Waals surface area contributed by atoms with Gasteiger partial charge in [-0.3, -0.25) is 4.79 Å². The fraction of sp³-hybridized carbons (Fsp3) is 0.917. The van der Waals surface area contributed by atoms with E-state index in [1.165, 1.54) is 0 Å². The highest BCUT2D eigenvalue weighted by molar-refractivity contribution is 5.81. The summed E-state index contributed by atoms with van der Waals surface area (Å²) >= 11 is 0. The Morgan fingerprint density at radius 3 is 2.94 bits per heavy atom. The Labute approximate surface area is 103 Å². The number of hydrogen-bond donors (Lipinski definition) is 3. The largest absolute Gasteiger partial charge is 0.388 e. The smallest absolute Gasteiger partial charge is 0.237 e. The van der Waals surface area contributed by atoms with Gasteiger partial charge in [-0.15, -0.1) is 0 Å². The maximum Gasteiger partial charge on any atom is 0.237 e. The molecule has 1 unspecified atom stereocenters. The van der Waals surface area contributed by atoms with Crippen LogP contribution in [0.3, 0.4) is 0 Å². The molecule has 0 aromatic heterocycles. The van der Waals surface area contributed by atoms with Gasteiger partial charge in [0.05, 0.1) is 11.6 Å². The van der Waals surface area contributed by atoms with E-state index < -0.39 is 5.60 Å². The number of carbonyl (C=O) groups is 1. The molecule has 0 saturated carbocycles. The molecule has 0 aromatic rings. The zero-order chi connectivity index (χ0) is 12.7. The van der Waals surface area contributed by atoms with Crippen molar-refractivity contribution in [1.82, 2.24) is 10.6 Å². The van der Waals surface area contributed by atoms with Gasteiger partial charge in [0.15, 0.2) is 0 Å². The van der Waals surface area contributed by atoms with E-state index >= 15 is 0 Å². The Hall–Kier alpha value is -0.650. The van der Waals surface area contributed by atoms with E-state index in [1.54, 1.807) is 14.0 Å². The van der Waals surface area contributed by atoms with Crippen LogP contribution in [0.4, 0.5) is 0 Å². The summed E-state index contributed by atoms with van der Waals surface area (Å²) in [5.41, 5.74) is -0.902. The first-order chi connectivity index (χ1) is 8.05. The van der Waals surface area contributed by atoms with Crippen molar-refractivity contribution in [2.24, 2.45) is 0 Å². The second-order valence-corrected chi connectivity index (χ2v) is 4.96. The number of hydrogen-bond acceptors (Lipinski definition) is 4. The van der Waals surface area contributed by atoms with Crippen LogP contribution in [-0.4, -0.2) is 49.5 Å². The van der Waals surface area contributed by atoms with Crippen LogP contribution < -0.4 is 10.6 Å². The summed E-state index contributed by atoms with van der Waals surface area (Å²) < 4.78 is 4.92. The van der Waals surface area contributed by atoms with Crippen LogP contribution in [-0.2, 0) is 9.53 Å². The van der Waals surface area contributed by atoms with E-state index in [4.69, 9.17) is 4.74 Å². The molecule has 1 heterocycles. The van der Waals surface area contributed by atoms with E-state index in [-0.39, 0.29) is 18.5 Å². The lowest BCUT2D eigenvalue weighted by Gasteiger charge is -2.26. The van der Waals surface area contributed by atoms with Crippen LogP contribution in [0, 0.1) is 0 Å². The van der Waals surface area contributed by atoms with E-state index in [2.05, 4.69) is 10.6 Å². The normalized spacial score (nSPS) is 24.1. The van der Waals surface area contributed by atoms with Crippen molar-refractivity contribution in [2.45, 2.75) is 44.2 Å². The number of nitrogens with one attached hydrogen (secondary N) is 2. The summed E-state index contributed by atoms with van der Waals surface area (Å²) in [7, 11) is 1.60. The maximum absolute atomic E-state index is 11.8. The molecule has 3 N–H and O–H groups in total. The number of amides is 1. The van der Waals surface area contributed by atoms with Crippen LogP contribution in [0.5, 0.6) is 0 Å². The number of methoxy groups -OCH3 is 1. The molecular weight excluding hydrogens is 220 g/mol. The van der Waals surface area contributed by atoms with Crippen LogP contribution in [0.2, 0.25) is 0 Å². The third-order valence-electron chi connectivity index (χ3n) is 3.12. The van der Waals surface area contributed by atoms with Gasteiger partial charge in [0.2, 0.25) is 5.91 Å². The zero-order valence-electron chi connectivity index (χ0n) is 10.8. The second kappa shape index (κ2) is 6.93. The van der Waals surface area contributed by atoms with E-state index in [0.717, 1.165) is 25.8 Å². The fourth-order valence-electron chi connectivity index (χ4n) is 1.89. The predicted molar refractivity (Wildman–Crippen MR) is 65.8 cm³/mol. The topological polar surface area (TPSA) is 70.6 Å². The van der Waals surface area contributed by atoms with Crippen molar-refractivity contribution in [1.29, 1.82) is 0 Å². The van der Waals surface area contributed by atoms with Gasteiger partial charge in [0.1, 0.15) is 0 Å². The fourth-order valence-corrected chi connectivity index (χ4v) is 1.89. The van der Waals surface area contributed by atoms with Gasteiger partial charge in [-0.05, 0) is 26.3 Å². The van der Waals surface area contributed by atoms with Gasteiger partial charge in [-0.1, -0.05) is 6.42 Å². The van der Waals surface area contributed by atoms with Crippen molar-refractivity contribution >= 4 is 5.91 Å². The quantitative estimate of drug-likeness (QED) is 0.616. The predicted octanol–water partition coefficient (Wildman–Crippen LogP) is 0.0322. The minimum atomic E-state index is -0.902. The van der Waals surface area contributed by atoms with E-state index in [0.29, 0.717) is 13.0 Å². The SMILES string of the molecule is COCCC(C)(O)CNC(=O)[C@H]1CCCCN1. The molecule has 0 aliphatic carbocycles. The van der Waals surface area contributed by atoms with E-state index in [1.807, 2.05) is 0 Å². The molecule has 1 amide bonds. The summed E-state index contributed by atoms with van der Waals surface area (Å²) in [5, 5.41) is 16.0. The molecule has 5 nitrogen and oxygen atoms in total. The lowest BCUT2D eigenvalue weighted by atomic mass is 10.0. The number of carbonyl (C=O) groups excluding carboxylic acids is 1. The summed E-state index contributed by atoms with van der Waals surface area (Å²) in [6.45, 7) is 3.37. The van der Waals surface area contributed by atoms with Gasteiger partial charge in [-0.2, -0.15) is 0 Å². The van der Waals surface area contributed by atoms with Crippen molar-refractivity contribution in [3.8, 4) is 0 Å². The molecule has 17 heavy (non-hydrogen) atoms. The Morgan fingerprint density at radius 1 is 1.59 bits per heavy atom. The minimum Gasteiger partial charge on any atom is -0.388 e. The molecule has 1 rings (SSSR count). The molecule has 1 saturated heterocycles. The average Bonchev–Trinajstić information content (AvgIpc) is 2.35. The summed E-state index contributed by atoms with van der Waals surface area (Å²) in [6.07, 6.45) is 3.62. The Morgan fingerprint density at radius 2 is 2.35 bits per heavy atom. The highest BCUT2D eigenvalue weighted by Crippen LogP contribution is 2.09. The molecule has 100 valence electrons. The molecule has 0 bridgehead atoms. The van der Waals surface area contributed by atoms with Crippen LogP contribution in [0.25, 0.3) is 0 Å². The molecule has 1 fully saturated rings.